The van der Waals surface area contributed by atoms with E-state index in [0.29, 0.717) is 6.42 Å². The van der Waals surface area contributed by atoms with E-state index in [1.54, 1.807) is 11.3 Å². The zero-order valence-electron chi connectivity index (χ0n) is 10.8. The predicted octanol–water partition coefficient (Wildman–Crippen LogP) is 4.58. The molecule has 0 aliphatic heterocycles. The third-order valence-corrected chi connectivity index (χ3v) is 4.68. The maximum Gasteiger partial charge on any atom is 0.0916 e. The molecule has 2 aromatic rings. The van der Waals surface area contributed by atoms with Crippen LogP contribution in [0.3, 0.4) is 0 Å². The van der Waals surface area contributed by atoms with E-state index in [4.69, 9.17) is 0 Å². The minimum absolute atomic E-state index is 0.645. The minimum atomic E-state index is -0.818. The second-order valence-corrected chi connectivity index (χ2v) is 6.97. The fourth-order valence-corrected chi connectivity index (χ4v) is 3.77. The van der Waals surface area contributed by atoms with Gasteiger partial charge in [0, 0.05) is 21.2 Å². The molecule has 18 heavy (non-hydrogen) atoms. The van der Waals surface area contributed by atoms with Crippen LogP contribution in [0.5, 0.6) is 0 Å². The van der Waals surface area contributed by atoms with Crippen molar-refractivity contribution in [2.24, 2.45) is 0 Å². The zero-order valence-corrected chi connectivity index (χ0v) is 13.2. The third-order valence-electron chi connectivity index (χ3n) is 2.98. The van der Waals surface area contributed by atoms with Crippen molar-refractivity contribution in [2.45, 2.75) is 32.8 Å². The normalized spacial score (nSPS) is 14.5. The number of thiophene rings is 1. The van der Waals surface area contributed by atoms with Gasteiger partial charge in [0.15, 0.2) is 0 Å². The van der Waals surface area contributed by atoms with E-state index in [9.17, 15) is 5.11 Å². The molecule has 0 amide bonds. The summed E-state index contributed by atoms with van der Waals surface area (Å²) in [6, 6.07) is 8.33. The Hall–Kier alpha value is -0.640. The summed E-state index contributed by atoms with van der Waals surface area (Å²) in [6.07, 6.45) is 0.645. The molecule has 0 aliphatic carbocycles. The lowest BCUT2D eigenvalue weighted by Gasteiger charge is -2.24. The monoisotopic (exact) mass is 324 g/mol. The van der Waals surface area contributed by atoms with Crippen LogP contribution in [0.15, 0.2) is 34.1 Å². The lowest BCUT2D eigenvalue weighted by molar-refractivity contribution is 0.0583. The third kappa shape index (κ3) is 3.22. The van der Waals surface area contributed by atoms with Gasteiger partial charge in [-0.25, -0.2) is 0 Å². The van der Waals surface area contributed by atoms with Gasteiger partial charge in [0.25, 0.3) is 0 Å². The first-order chi connectivity index (χ1) is 8.37. The molecule has 1 nitrogen and oxygen atoms in total. The standard InChI is InChI=1S/C15H17BrOS/c1-10-4-11(2)6-12(5-10)15(3,17)8-14-7-13(16)9-18-14/h4-7,9,17H,8H2,1-3H3. The van der Waals surface area contributed by atoms with Gasteiger partial charge in [0.2, 0.25) is 0 Å². The van der Waals surface area contributed by atoms with Crippen molar-refractivity contribution in [3.8, 4) is 0 Å². The number of rotatable bonds is 3. The average Bonchev–Trinajstić information content (AvgIpc) is 2.61. The highest BCUT2D eigenvalue weighted by Crippen LogP contribution is 2.30. The van der Waals surface area contributed by atoms with Crippen molar-refractivity contribution in [3.05, 3.63) is 55.7 Å². The van der Waals surface area contributed by atoms with E-state index in [1.165, 1.54) is 16.0 Å². The minimum Gasteiger partial charge on any atom is -0.385 e. The molecule has 3 heteroatoms. The van der Waals surface area contributed by atoms with Crippen molar-refractivity contribution in [1.82, 2.24) is 0 Å². The van der Waals surface area contributed by atoms with E-state index in [-0.39, 0.29) is 0 Å². The van der Waals surface area contributed by atoms with Gasteiger partial charge >= 0.3 is 0 Å². The number of aliphatic hydroxyl groups is 1. The van der Waals surface area contributed by atoms with Crippen molar-refractivity contribution in [1.29, 1.82) is 0 Å². The van der Waals surface area contributed by atoms with Crippen LogP contribution in [0.4, 0.5) is 0 Å². The molecular formula is C15H17BrOS. The molecule has 1 atom stereocenters. The first kappa shape index (κ1) is 13.8. The van der Waals surface area contributed by atoms with Crippen molar-refractivity contribution in [3.63, 3.8) is 0 Å². The van der Waals surface area contributed by atoms with E-state index in [2.05, 4.69) is 54.0 Å². The van der Waals surface area contributed by atoms with E-state index < -0.39 is 5.60 Å². The highest BCUT2D eigenvalue weighted by Gasteiger charge is 2.24. The Kier molecular flexibility index (Phi) is 3.95. The summed E-state index contributed by atoms with van der Waals surface area (Å²) in [7, 11) is 0. The van der Waals surface area contributed by atoms with E-state index in [1.807, 2.05) is 12.3 Å². The summed E-state index contributed by atoms with van der Waals surface area (Å²) >= 11 is 5.12. The molecule has 1 aromatic carbocycles. The molecule has 0 aliphatic rings. The van der Waals surface area contributed by atoms with Crippen molar-refractivity contribution >= 4 is 27.3 Å². The largest absolute Gasteiger partial charge is 0.385 e. The average molecular weight is 325 g/mol. The Labute approximate surface area is 121 Å². The number of hydrogen-bond acceptors (Lipinski definition) is 2. The van der Waals surface area contributed by atoms with Crippen LogP contribution < -0.4 is 0 Å². The molecule has 1 unspecified atom stereocenters. The first-order valence-electron chi connectivity index (χ1n) is 5.91. The van der Waals surface area contributed by atoms with E-state index >= 15 is 0 Å². The SMILES string of the molecule is Cc1cc(C)cc(C(C)(O)Cc2cc(Br)cs2)c1. The number of aryl methyl sites for hydroxylation is 2. The molecule has 0 radical (unpaired) electrons. The lowest BCUT2D eigenvalue weighted by atomic mass is 9.89. The lowest BCUT2D eigenvalue weighted by Crippen LogP contribution is -2.24. The smallest absolute Gasteiger partial charge is 0.0916 e. The highest BCUT2D eigenvalue weighted by molar-refractivity contribution is 9.10. The summed E-state index contributed by atoms with van der Waals surface area (Å²) in [5.74, 6) is 0. The fourth-order valence-electron chi connectivity index (χ4n) is 2.17. The maximum atomic E-state index is 10.7. The quantitative estimate of drug-likeness (QED) is 0.876. The van der Waals surface area contributed by atoms with Crippen LogP contribution in [-0.2, 0) is 12.0 Å². The summed E-state index contributed by atoms with van der Waals surface area (Å²) < 4.78 is 1.08. The molecule has 0 fully saturated rings. The van der Waals surface area contributed by atoms with Gasteiger partial charge in [-0.2, -0.15) is 0 Å². The van der Waals surface area contributed by atoms with Gasteiger partial charge in [-0.3, -0.25) is 0 Å². The summed E-state index contributed by atoms with van der Waals surface area (Å²) in [6.45, 7) is 6.01. The van der Waals surface area contributed by atoms with Gasteiger partial charge in [-0.15, -0.1) is 11.3 Å². The molecule has 1 N–H and O–H groups in total. The summed E-state index contributed by atoms with van der Waals surface area (Å²) in [4.78, 5) is 1.19. The Morgan fingerprint density at radius 3 is 2.28 bits per heavy atom. The van der Waals surface area contributed by atoms with Gasteiger partial charge in [0.1, 0.15) is 0 Å². The maximum absolute atomic E-state index is 10.7. The Balaban J connectivity index is 2.29. The van der Waals surface area contributed by atoms with Gasteiger partial charge in [-0.1, -0.05) is 29.3 Å². The van der Waals surface area contributed by atoms with Crippen LogP contribution in [0.25, 0.3) is 0 Å². The molecule has 0 spiro atoms. The van der Waals surface area contributed by atoms with Gasteiger partial charge in [0.05, 0.1) is 5.60 Å². The second kappa shape index (κ2) is 5.16. The van der Waals surface area contributed by atoms with Crippen molar-refractivity contribution < 1.29 is 5.11 Å². The molecular weight excluding hydrogens is 308 g/mol. The molecule has 1 aromatic heterocycles. The number of benzene rings is 1. The second-order valence-electron chi connectivity index (χ2n) is 5.06. The molecule has 0 saturated heterocycles. The Morgan fingerprint density at radius 1 is 1.17 bits per heavy atom. The molecule has 0 saturated carbocycles. The van der Waals surface area contributed by atoms with Crippen LogP contribution >= 0.6 is 27.3 Å². The van der Waals surface area contributed by atoms with Crippen molar-refractivity contribution in [2.75, 3.05) is 0 Å². The number of hydrogen-bond donors (Lipinski definition) is 1. The Bertz CT molecular complexity index is 537. The summed E-state index contributed by atoms with van der Waals surface area (Å²) in [5, 5.41) is 12.7. The van der Waals surface area contributed by atoms with Crippen LogP contribution in [-0.4, -0.2) is 5.11 Å². The van der Waals surface area contributed by atoms with Gasteiger partial charge in [-0.05, 0) is 48.3 Å². The zero-order chi connectivity index (χ0) is 13.3. The van der Waals surface area contributed by atoms with Gasteiger partial charge < -0.3 is 5.11 Å². The molecule has 0 bridgehead atoms. The van der Waals surface area contributed by atoms with Crippen LogP contribution in [0.2, 0.25) is 0 Å². The highest BCUT2D eigenvalue weighted by atomic mass is 79.9. The first-order valence-corrected chi connectivity index (χ1v) is 7.58. The predicted molar refractivity (Wildman–Crippen MR) is 81.2 cm³/mol. The van der Waals surface area contributed by atoms with Crippen LogP contribution in [0.1, 0.15) is 28.5 Å². The molecule has 1 heterocycles. The topological polar surface area (TPSA) is 20.2 Å². The molecule has 96 valence electrons. The Morgan fingerprint density at radius 2 is 1.78 bits per heavy atom. The summed E-state index contributed by atoms with van der Waals surface area (Å²) in [5.41, 5.74) is 2.56. The van der Waals surface area contributed by atoms with E-state index in [0.717, 1.165) is 10.0 Å². The van der Waals surface area contributed by atoms with Crippen LogP contribution in [0, 0.1) is 13.8 Å². The number of halogens is 1. The fraction of sp³-hybridized carbons (Fsp3) is 0.333. The molecule has 2 rings (SSSR count).